The fraction of sp³-hybridized carbons (Fsp3) is 0.538. The highest BCUT2D eigenvalue weighted by molar-refractivity contribution is 5.49. The molecule has 0 radical (unpaired) electrons. The van der Waals surface area contributed by atoms with E-state index in [1.807, 2.05) is 6.07 Å². The van der Waals surface area contributed by atoms with Crippen molar-refractivity contribution in [2.45, 2.75) is 32.4 Å². The number of rotatable bonds is 2. The Morgan fingerprint density at radius 2 is 1.94 bits per heavy atom. The summed E-state index contributed by atoms with van der Waals surface area (Å²) >= 11 is 0. The maximum Gasteiger partial charge on any atom is 0.127 e. The van der Waals surface area contributed by atoms with Crippen LogP contribution < -0.4 is 14.8 Å². The molecular weight excluding hydrogens is 202 g/mol. The fourth-order valence-corrected chi connectivity index (χ4v) is 2.50. The molecule has 0 aliphatic carbocycles. The number of ether oxygens (including phenoxy) is 2. The van der Waals surface area contributed by atoms with Crippen LogP contribution in [-0.2, 0) is 6.42 Å². The van der Waals surface area contributed by atoms with E-state index in [1.54, 1.807) is 14.2 Å². The average Bonchev–Trinajstić information content (AvgIpc) is 2.26. The van der Waals surface area contributed by atoms with Crippen molar-refractivity contribution < 1.29 is 9.47 Å². The minimum Gasteiger partial charge on any atom is -0.497 e. The molecule has 1 heterocycles. The van der Waals surface area contributed by atoms with Gasteiger partial charge in [-0.2, -0.15) is 0 Å². The summed E-state index contributed by atoms with van der Waals surface area (Å²) in [7, 11) is 3.40. The van der Waals surface area contributed by atoms with Gasteiger partial charge in [0.05, 0.1) is 14.2 Å². The van der Waals surface area contributed by atoms with Crippen LogP contribution in [0.25, 0.3) is 0 Å². The molecule has 1 aromatic carbocycles. The van der Waals surface area contributed by atoms with Crippen molar-refractivity contribution in [1.29, 1.82) is 0 Å². The highest BCUT2D eigenvalue weighted by Gasteiger charge is 2.24. The zero-order valence-electron chi connectivity index (χ0n) is 10.3. The van der Waals surface area contributed by atoms with Crippen LogP contribution in [0, 0.1) is 0 Å². The van der Waals surface area contributed by atoms with Crippen molar-refractivity contribution >= 4 is 0 Å². The zero-order valence-corrected chi connectivity index (χ0v) is 10.3. The van der Waals surface area contributed by atoms with Crippen LogP contribution in [0.4, 0.5) is 0 Å². The van der Waals surface area contributed by atoms with Crippen LogP contribution in [0.2, 0.25) is 0 Å². The van der Waals surface area contributed by atoms with E-state index in [0.29, 0.717) is 12.1 Å². The van der Waals surface area contributed by atoms with E-state index < -0.39 is 0 Å². The summed E-state index contributed by atoms with van der Waals surface area (Å²) in [5, 5.41) is 3.53. The molecule has 0 spiro atoms. The molecule has 1 N–H and O–H groups in total. The molecule has 0 saturated heterocycles. The first kappa shape index (κ1) is 11.3. The number of hydrogen-bond acceptors (Lipinski definition) is 3. The Hall–Kier alpha value is -1.22. The molecule has 0 bridgehead atoms. The molecular formula is C13H19NO2. The molecule has 0 saturated carbocycles. The van der Waals surface area contributed by atoms with Gasteiger partial charge in [-0.15, -0.1) is 0 Å². The quantitative estimate of drug-likeness (QED) is 0.831. The summed E-state index contributed by atoms with van der Waals surface area (Å²) < 4.78 is 10.7. The van der Waals surface area contributed by atoms with Crippen molar-refractivity contribution in [3.8, 4) is 11.5 Å². The van der Waals surface area contributed by atoms with E-state index >= 15 is 0 Å². The molecule has 3 heteroatoms. The van der Waals surface area contributed by atoms with Crippen LogP contribution in [0.15, 0.2) is 12.1 Å². The van der Waals surface area contributed by atoms with Gasteiger partial charge in [-0.25, -0.2) is 0 Å². The van der Waals surface area contributed by atoms with Crippen molar-refractivity contribution in [2.75, 3.05) is 14.2 Å². The number of hydrogen-bond donors (Lipinski definition) is 1. The average molecular weight is 221 g/mol. The van der Waals surface area contributed by atoms with E-state index in [2.05, 4.69) is 25.2 Å². The third-order valence-electron chi connectivity index (χ3n) is 3.15. The SMILES string of the molecule is COc1cc2c(c(OC)c1)[C@H](C)N[C@H](C)C2. The lowest BCUT2D eigenvalue weighted by molar-refractivity contribution is 0.370. The van der Waals surface area contributed by atoms with Crippen LogP contribution >= 0.6 is 0 Å². The largest absolute Gasteiger partial charge is 0.497 e. The van der Waals surface area contributed by atoms with Crippen LogP contribution in [0.3, 0.4) is 0 Å². The van der Waals surface area contributed by atoms with Crippen molar-refractivity contribution in [3.05, 3.63) is 23.3 Å². The predicted molar refractivity (Wildman–Crippen MR) is 64.3 cm³/mol. The monoisotopic (exact) mass is 221 g/mol. The molecule has 0 aromatic heterocycles. The van der Waals surface area contributed by atoms with Gasteiger partial charge in [0, 0.05) is 23.7 Å². The zero-order chi connectivity index (χ0) is 11.7. The van der Waals surface area contributed by atoms with E-state index in [0.717, 1.165) is 17.9 Å². The molecule has 16 heavy (non-hydrogen) atoms. The summed E-state index contributed by atoms with van der Waals surface area (Å²) in [6.45, 7) is 4.37. The molecule has 0 unspecified atom stereocenters. The lowest BCUT2D eigenvalue weighted by atomic mass is 9.90. The molecule has 3 nitrogen and oxygen atoms in total. The second kappa shape index (κ2) is 4.34. The highest BCUT2D eigenvalue weighted by atomic mass is 16.5. The van der Waals surface area contributed by atoms with Gasteiger partial charge in [0.2, 0.25) is 0 Å². The molecule has 1 aliphatic rings. The molecule has 2 rings (SSSR count). The normalized spacial score (nSPS) is 23.8. The number of benzene rings is 1. The third kappa shape index (κ3) is 1.87. The maximum atomic E-state index is 5.44. The lowest BCUT2D eigenvalue weighted by Gasteiger charge is -2.30. The summed E-state index contributed by atoms with van der Waals surface area (Å²) in [5.74, 6) is 1.79. The van der Waals surface area contributed by atoms with Gasteiger partial charge in [-0.05, 0) is 31.9 Å². The van der Waals surface area contributed by atoms with Gasteiger partial charge in [-0.1, -0.05) is 0 Å². The summed E-state index contributed by atoms with van der Waals surface area (Å²) in [6.07, 6.45) is 1.02. The Bertz CT molecular complexity index is 390. The van der Waals surface area contributed by atoms with E-state index in [-0.39, 0.29) is 0 Å². The lowest BCUT2D eigenvalue weighted by Crippen LogP contribution is -2.36. The second-order valence-corrected chi connectivity index (χ2v) is 4.40. The molecule has 1 aromatic rings. The van der Waals surface area contributed by atoms with Crippen molar-refractivity contribution in [3.63, 3.8) is 0 Å². The standard InChI is InChI=1S/C13H19NO2/c1-8-5-10-6-11(15-3)7-12(16-4)13(10)9(2)14-8/h6-9,14H,5H2,1-4H3/t8-,9+/m1/s1. The second-order valence-electron chi connectivity index (χ2n) is 4.40. The van der Waals surface area contributed by atoms with Gasteiger partial charge in [0.15, 0.2) is 0 Å². The van der Waals surface area contributed by atoms with Gasteiger partial charge < -0.3 is 14.8 Å². The summed E-state index contributed by atoms with van der Waals surface area (Å²) in [5.41, 5.74) is 2.59. The van der Waals surface area contributed by atoms with E-state index in [1.165, 1.54) is 11.1 Å². The molecule has 0 fully saturated rings. The first-order valence-electron chi connectivity index (χ1n) is 5.66. The van der Waals surface area contributed by atoms with Gasteiger partial charge in [0.25, 0.3) is 0 Å². The minimum absolute atomic E-state index is 0.333. The molecule has 1 aliphatic heterocycles. The van der Waals surface area contributed by atoms with E-state index in [9.17, 15) is 0 Å². The van der Waals surface area contributed by atoms with Crippen LogP contribution in [0.5, 0.6) is 11.5 Å². The molecule has 0 amide bonds. The first-order valence-corrected chi connectivity index (χ1v) is 5.66. The topological polar surface area (TPSA) is 30.5 Å². The maximum absolute atomic E-state index is 5.44. The van der Waals surface area contributed by atoms with Crippen LogP contribution in [0.1, 0.15) is 31.0 Å². The molecule has 2 atom stereocenters. The third-order valence-corrected chi connectivity index (χ3v) is 3.15. The van der Waals surface area contributed by atoms with Crippen LogP contribution in [-0.4, -0.2) is 20.3 Å². The Balaban J connectivity index is 2.51. The Morgan fingerprint density at radius 3 is 2.56 bits per heavy atom. The van der Waals surface area contributed by atoms with Gasteiger partial charge in [-0.3, -0.25) is 0 Å². The first-order chi connectivity index (χ1) is 7.65. The summed E-state index contributed by atoms with van der Waals surface area (Å²) in [4.78, 5) is 0. The van der Waals surface area contributed by atoms with Crippen molar-refractivity contribution in [2.24, 2.45) is 0 Å². The van der Waals surface area contributed by atoms with E-state index in [4.69, 9.17) is 9.47 Å². The smallest absolute Gasteiger partial charge is 0.127 e. The minimum atomic E-state index is 0.333. The number of nitrogens with one attached hydrogen (secondary N) is 1. The predicted octanol–water partition coefficient (Wildman–Crippen LogP) is 2.30. The Morgan fingerprint density at radius 1 is 1.19 bits per heavy atom. The number of fused-ring (bicyclic) bond motifs is 1. The summed E-state index contributed by atoms with van der Waals surface area (Å²) in [6, 6.07) is 4.90. The Kier molecular flexibility index (Phi) is 3.06. The van der Waals surface area contributed by atoms with Crippen molar-refractivity contribution in [1.82, 2.24) is 5.32 Å². The number of methoxy groups -OCH3 is 2. The molecule has 88 valence electrons. The fourth-order valence-electron chi connectivity index (χ4n) is 2.50. The Labute approximate surface area is 96.8 Å². The highest BCUT2D eigenvalue weighted by Crippen LogP contribution is 2.36. The van der Waals surface area contributed by atoms with Gasteiger partial charge in [0.1, 0.15) is 11.5 Å². The van der Waals surface area contributed by atoms with Gasteiger partial charge >= 0.3 is 0 Å².